The van der Waals surface area contributed by atoms with E-state index in [2.05, 4.69) is 37.4 Å². The van der Waals surface area contributed by atoms with Crippen molar-refractivity contribution in [2.24, 2.45) is 0 Å². The lowest BCUT2D eigenvalue weighted by atomic mass is 9.88. The first-order valence-corrected chi connectivity index (χ1v) is 7.23. The van der Waals surface area contributed by atoms with Crippen molar-refractivity contribution in [3.05, 3.63) is 34.9 Å². The molecule has 1 aromatic carbocycles. The summed E-state index contributed by atoms with van der Waals surface area (Å²) in [6.07, 6.45) is 5.37. The molecule has 0 radical (unpaired) electrons. The predicted molar refractivity (Wildman–Crippen MR) is 73.8 cm³/mol. The van der Waals surface area contributed by atoms with Crippen molar-refractivity contribution >= 4 is 0 Å². The number of hydrogen-bond acceptors (Lipinski definition) is 2. The molecule has 2 heteroatoms. The number of fused-ring (bicyclic) bond motifs is 1. The molecule has 2 aliphatic carbocycles. The maximum absolute atomic E-state index is 5.62. The molecule has 2 nitrogen and oxygen atoms in total. The summed E-state index contributed by atoms with van der Waals surface area (Å²) in [5, 5.41) is 3.81. The van der Waals surface area contributed by atoms with Gasteiger partial charge in [-0.3, -0.25) is 0 Å². The number of rotatable bonds is 4. The highest BCUT2D eigenvalue weighted by atomic mass is 16.5. The molecule has 98 valence electrons. The van der Waals surface area contributed by atoms with Crippen LogP contribution < -0.4 is 5.32 Å². The molecule has 1 aromatic rings. The molecule has 1 fully saturated rings. The zero-order valence-corrected chi connectivity index (χ0v) is 11.4. The van der Waals surface area contributed by atoms with Crippen molar-refractivity contribution in [3.63, 3.8) is 0 Å². The van der Waals surface area contributed by atoms with E-state index < -0.39 is 0 Å². The molecule has 0 aliphatic heterocycles. The molecule has 0 spiro atoms. The van der Waals surface area contributed by atoms with E-state index in [0.29, 0.717) is 18.2 Å². The highest BCUT2D eigenvalue weighted by Gasteiger charge is 2.33. The van der Waals surface area contributed by atoms with Gasteiger partial charge in [0.1, 0.15) is 0 Å². The van der Waals surface area contributed by atoms with Crippen LogP contribution in [-0.2, 0) is 11.2 Å². The molecule has 1 unspecified atom stereocenters. The lowest BCUT2D eigenvalue weighted by Crippen LogP contribution is -2.46. The SMILES string of the molecule is CCOC1CC(NC2CCc3ccc(C)cc32)C1. The summed E-state index contributed by atoms with van der Waals surface area (Å²) in [4.78, 5) is 0. The van der Waals surface area contributed by atoms with Gasteiger partial charge in [-0.05, 0) is 50.7 Å². The van der Waals surface area contributed by atoms with Gasteiger partial charge in [-0.1, -0.05) is 23.8 Å². The summed E-state index contributed by atoms with van der Waals surface area (Å²) in [6, 6.07) is 8.13. The highest BCUT2D eigenvalue weighted by molar-refractivity contribution is 5.37. The van der Waals surface area contributed by atoms with Crippen molar-refractivity contribution in [1.82, 2.24) is 5.32 Å². The number of aryl methyl sites for hydroxylation is 2. The topological polar surface area (TPSA) is 21.3 Å². The van der Waals surface area contributed by atoms with Crippen LogP contribution in [0.2, 0.25) is 0 Å². The Kier molecular flexibility index (Phi) is 3.40. The fourth-order valence-corrected chi connectivity index (χ4v) is 3.25. The quantitative estimate of drug-likeness (QED) is 0.880. The minimum absolute atomic E-state index is 0.505. The normalized spacial score (nSPS) is 30.0. The standard InChI is InChI=1S/C16H23NO/c1-3-18-14-9-13(10-14)17-16-7-6-12-5-4-11(2)8-15(12)16/h4-5,8,13-14,16-17H,3,6-7,9-10H2,1-2H3. The molecule has 2 aliphatic rings. The average Bonchev–Trinajstić information content (AvgIpc) is 2.69. The van der Waals surface area contributed by atoms with Crippen molar-refractivity contribution in [3.8, 4) is 0 Å². The molecule has 1 atom stereocenters. The highest BCUT2D eigenvalue weighted by Crippen LogP contribution is 2.34. The second-order valence-electron chi connectivity index (χ2n) is 5.71. The lowest BCUT2D eigenvalue weighted by molar-refractivity contribution is -0.0124. The van der Waals surface area contributed by atoms with E-state index in [1.807, 2.05) is 0 Å². The van der Waals surface area contributed by atoms with Crippen molar-refractivity contribution in [2.75, 3.05) is 6.61 Å². The van der Waals surface area contributed by atoms with Gasteiger partial charge < -0.3 is 10.1 Å². The third-order valence-electron chi connectivity index (χ3n) is 4.31. The Morgan fingerprint density at radius 1 is 1.33 bits per heavy atom. The minimum atomic E-state index is 0.505. The summed E-state index contributed by atoms with van der Waals surface area (Å²) in [7, 11) is 0. The number of hydrogen-bond donors (Lipinski definition) is 1. The van der Waals surface area contributed by atoms with E-state index in [9.17, 15) is 0 Å². The van der Waals surface area contributed by atoms with Crippen LogP contribution >= 0.6 is 0 Å². The maximum atomic E-state index is 5.62. The van der Waals surface area contributed by atoms with Gasteiger partial charge in [0, 0.05) is 18.7 Å². The monoisotopic (exact) mass is 245 g/mol. The largest absolute Gasteiger partial charge is 0.378 e. The van der Waals surface area contributed by atoms with Crippen LogP contribution in [0.15, 0.2) is 18.2 Å². The molecule has 0 amide bonds. The molecular weight excluding hydrogens is 222 g/mol. The zero-order chi connectivity index (χ0) is 12.5. The van der Waals surface area contributed by atoms with Crippen LogP contribution in [0.1, 0.15) is 48.9 Å². The average molecular weight is 245 g/mol. The van der Waals surface area contributed by atoms with Gasteiger partial charge in [0.25, 0.3) is 0 Å². The van der Waals surface area contributed by atoms with Crippen molar-refractivity contribution in [2.45, 2.75) is 57.7 Å². The molecule has 0 heterocycles. The van der Waals surface area contributed by atoms with Crippen LogP contribution in [0.4, 0.5) is 0 Å². The Morgan fingerprint density at radius 3 is 2.94 bits per heavy atom. The minimum Gasteiger partial charge on any atom is -0.378 e. The smallest absolute Gasteiger partial charge is 0.0604 e. The van der Waals surface area contributed by atoms with Gasteiger partial charge >= 0.3 is 0 Å². The Bertz CT molecular complexity index is 423. The molecular formula is C16H23NO. The van der Waals surface area contributed by atoms with Crippen LogP contribution in [0.5, 0.6) is 0 Å². The summed E-state index contributed by atoms with van der Waals surface area (Å²) < 4.78 is 5.62. The fourth-order valence-electron chi connectivity index (χ4n) is 3.25. The molecule has 1 N–H and O–H groups in total. The molecule has 1 saturated carbocycles. The van der Waals surface area contributed by atoms with Crippen LogP contribution in [-0.4, -0.2) is 18.8 Å². The van der Waals surface area contributed by atoms with E-state index in [1.165, 1.54) is 36.8 Å². The van der Waals surface area contributed by atoms with E-state index in [0.717, 1.165) is 6.61 Å². The summed E-state index contributed by atoms with van der Waals surface area (Å²) in [5.41, 5.74) is 4.46. The van der Waals surface area contributed by atoms with Crippen molar-refractivity contribution < 1.29 is 4.74 Å². The Balaban J connectivity index is 1.59. The van der Waals surface area contributed by atoms with Crippen LogP contribution in [0.25, 0.3) is 0 Å². The molecule has 0 bridgehead atoms. The van der Waals surface area contributed by atoms with Gasteiger partial charge in [0.15, 0.2) is 0 Å². The van der Waals surface area contributed by atoms with Gasteiger partial charge in [-0.25, -0.2) is 0 Å². The molecule has 0 saturated heterocycles. The molecule has 18 heavy (non-hydrogen) atoms. The third kappa shape index (κ3) is 2.32. The van der Waals surface area contributed by atoms with Crippen molar-refractivity contribution in [1.29, 1.82) is 0 Å². The van der Waals surface area contributed by atoms with E-state index in [-0.39, 0.29) is 0 Å². The van der Waals surface area contributed by atoms with Gasteiger partial charge in [-0.2, -0.15) is 0 Å². The van der Waals surface area contributed by atoms with Crippen LogP contribution in [0, 0.1) is 6.92 Å². The van der Waals surface area contributed by atoms with Gasteiger partial charge in [0.05, 0.1) is 6.10 Å². The van der Waals surface area contributed by atoms with Gasteiger partial charge in [-0.15, -0.1) is 0 Å². The Hall–Kier alpha value is -0.860. The van der Waals surface area contributed by atoms with E-state index >= 15 is 0 Å². The second kappa shape index (κ2) is 5.02. The number of nitrogens with one attached hydrogen (secondary N) is 1. The number of benzene rings is 1. The predicted octanol–water partition coefficient (Wildman–Crippen LogP) is 3.14. The molecule has 3 rings (SSSR count). The first-order chi connectivity index (χ1) is 8.76. The summed E-state index contributed by atoms with van der Waals surface area (Å²) in [5.74, 6) is 0. The van der Waals surface area contributed by atoms with Gasteiger partial charge in [0.2, 0.25) is 0 Å². The second-order valence-corrected chi connectivity index (χ2v) is 5.71. The summed E-state index contributed by atoms with van der Waals surface area (Å²) >= 11 is 0. The Morgan fingerprint density at radius 2 is 2.17 bits per heavy atom. The zero-order valence-electron chi connectivity index (χ0n) is 11.4. The fraction of sp³-hybridized carbons (Fsp3) is 0.625. The van der Waals surface area contributed by atoms with E-state index in [4.69, 9.17) is 4.74 Å². The maximum Gasteiger partial charge on any atom is 0.0604 e. The van der Waals surface area contributed by atoms with Crippen LogP contribution in [0.3, 0.4) is 0 Å². The molecule has 0 aromatic heterocycles. The number of ether oxygens (including phenoxy) is 1. The third-order valence-corrected chi connectivity index (χ3v) is 4.31. The first-order valence-electron chi connectivity index (χ1n) is 7.23. The lowest BCUT2D eigenvalue weighted by Gasteiger charge is -2.37. The summed E-state index contributed by atoms with van der Waals surface area (Å²) in [6.45, 7) is 5.11. The first kappa shape index (κ1) is 12.2. The Labute approximate surface area is 110 Å². The van der Waals surface area contributed by atoms with E-state index in [1.54, 1.807) is 5.56 Å².